The number of hydrogen-bond donors (Lipinski definition) is 2. The van der Waals surface area contributed by atoms with E-state index in [0.29, 0.717) is 12.2 Å². The minimum absolute atomic E-state index is 0.0412. The largest absolute Gasteiger partial charge is 0.354 e. The molecule has 0 radical (unpaired) electrons. The van der Waals surface area contributed by atoms with Gasteiger partial charge in [0.1, 0.15) is 11.9 Å². The molecule has 1 aromatic heterocycles. The number of carbonyl (C=O) groups excluding carboxylic acids is 2. The summed E-state index contributed by atoms with van der Waals surface area (Å²) in [7, 11) is 0. The number of nitrogens with one attached hydrogen (secondary N) is 2. The molecule has 2 amide bonds. The molecule has 0 saturated heterocycles. The molecule has 1 aromatic rings. The molecule has 0 spiro atoms. The average Bonchev–Trinajstić information content (AvgIpc) is 2.47. The van der Waals surface area contributed by atoms with E-state index in [4.69, 9.17) is 16.9 Å². The maximum atomic E-state index is 12.3. The first-order valence-electron chi connectivity index (χ1n) is 7.13. The second-order valence-electron chi connectivity index (χ2n) is 5.41. The molecule has 0 unspecified atom stereocenters. The van der Waals surface area contributed by atoms with Gasteiger partial charge in [-0.2, -0.15) is 5.26 Å². The first-order chi connectivity index (χ1) is 10.5. The van der Waals surface area contributed by atoms with Crippen LogP contribution in [0, 0.1) is 17.2 Å². The fourth-order valence-corrected chi connectivity index (χ4v) is 2.85. The third-order valence-electron chi connectivity index (χ3n) is 3.68. The lowest BCUT2D eigenvalue weighted by molar-refractivity contribution is -0.123. The number of amides is 2. The van der Waals surface area contributed by atoms with Gasteiger partial charge in [-0.25, -0.2) is 4.98 Å². The number of aromatic nitrogens is 1. The Morgan fingerprint density at radius 2 is 2.23 bits per heavy atom. The number of rotatable bonds is 3. The molecule has 7 heteroatoms. The first-order valence-corrected chi connectivity index (χ1v) is 7.51. The number of carbonyl (C=O) groups is 2. The lowest BCUT2D eigenvalue weighted by Gasteiger charge is -2.28. The topological polar surface area (TPSA) is 94.9 Å². The van der Waals surface area contributed by atoms with Gasteiger partial charge in [0.25, 0.3) is 0 Å². The molecule has 6 nitrogen and oxygen atoms in total. The number of pyridine rings is 1. The number of nitrogens with zero attached hydrogens (tertiary/aromatic N) is 2. The molecule has 0 aliphatic heterocycles. The summed E-state index contributed by atoms with van der Waals surface area (Å²) in [5.74, 6) is -0.0487. The van der Waals surface area contributed by atoms with Crippen LogP contribution in [-0.4, -0.2) is 22.8 Å². The van der Waals surface area contributed by atoms with E-state index in [1.807, 2.05) is 6.07 Å². The Labute approximate surface area is 133 Å². The molecular formula is C15H17ClN4O2. The summed E-state index contributed by atoms with van der Waals surface area (Å²) in [4.78, 5) is 27.4. The van der Waals surface area contributed by atoms with Gasteiger partial charge in [0.05, 0.1) is 10.6 Å². The van der Waals surface area contributed by atoms with Gasteiger partial charge in [-0.1, -0.05) is 18.0 Å². The zero-order chi connectivity index (χ0) is 16.1. The van der Waals surface area contributed by atoms with Crippen LogP contribution >= 0.6 is 11.6 Å². The highest BCUT2D eigenvalue weighted by atomic mass is 35.5. The van der Waals surface area contributed by atoms with Crippen molar-refractivity contribution in [3.8, 4) is 6.07 Å². The Kier molecular flexibility index (Phi) is 5.34. The first kappa shape index (κ1) is 16.2. The fourth-order valence-electron chi connectivity index (χ4n) is 2.66. The van der Waals surface area contributed by atoms with Crippen molar-refractivity contribution >= 4 is 29.2 Å². The van der Waals surface area contributed by atoms with E-state index in [-0.39, 0.29) is 34.4 Å². The van der Waals surface area contributed by atoms with Gasteiger partial charge in [-0.05, 0) is 19.3 Å². The van der Waals surface area contributed by atoms with Crippen LogP contribution in [0.5, 0.6) is 0 Å². The van der Waals surface area contributed by atoms with E-state index < -0.39 is 0 Å². The zero-order valence-electron chi connectivity index (χ0n) is 12.2. The fraction of sp³-hybridized carbons (Fsp3) is 0.467. The Balaban J connectivity index is 1.98. The number of hydrogen-bond acceptors (Lipinski definition) is 4. The monoisotopic (exact) mass is 320 g/mol. The predicted molar refractivity (Wildman–Crippen MR) is 82.2 cm³/mol. The predicted octanol–water partition coefficient (Wildman–Crippen LogP) is 2.24. The highest BCUT2D eigenvalue weighted by Gasteiger charge is 2.27. The SMILES string of the molecule is CC(=O)N[C@@H]1CCC[C@H](C(=O)Nc2cc(Cl)c(C#N)cn2)C1. The molecule has 1 aliphatic carbocycles. The van der Waals surface area contributed by atoms with Crippen molar-refractivity contribution in [3.05, 3.63) is 22.8 Å². The molecule has 1 aliphatic rings. The van der Waals surface area contributed by atoms with Gasteiger partial charge in [-0.15, -0.1) is 0 Å². The van der Waals surface area contributed by atoms with Crippen molar-refractivity contribution < 1.29 is 9.59 Å². The summed E-state index contributed by atoms with van der Waals surface area (Å²) in [6.45, 7) is 1.48. The van der Waals surface area contributed by atoms with E-state index >= 15 is 0 Å². The maximum absolute atomic E-state index is 12.3. The van der Waals surface area contributed by atoms with Crippen LogP contribution in [0.4, 0.5) is 5.82 Å². The summed E-state index contributed by atoms with van der Waals surface area (Å²) < 4.78 is 0. The number of nitriles is 1. The van der Waals surface area contributed by atoms with Crippen molar-refractivity contribution in [1.82, 2.24) is 10.3 Å². The van der Waals surface area contributed by atoms with Crippen LogP contribution in [0.3, 0.4) is 0 Å². The van der Waals surface area contributed by atoms with E-state index in [2.05, 4.69) is 15.6 Å². The van der Waals surface area contributed by atoms with Gasteiger partial charge in [-0.3, -0.25) is 9.59 Å². The molecule has 22 heavy (non-hydrogen) atoms. The molecule has 0 bridgehead atoms. The van der Waals surface area contributed by atoms with Crippen LogP contribution in [0.15, 0.2) is 12.3 Å². The lowest BCUT2D eigenvalue weighted by atomic mass is 9.85. The van der Waals surface area contributed by atoms with E-state index in [1.165, 1.54) is 19.2 Å². The Bertz CT molecular complexity index is 626. The van der Waals surface area contributed by atoms with Gasteiger partial charge in [0.2, 0.25) is 11.8 Å². The normalized spacial score (nSPS) is 20.8. The molecule has 0 aromatic carbocycles. The minimum Gasteiger partial charge on any atom is -0.354 e. The van der Waals surface area contributed by atoms with Crippen LogP contribution in [0.2, 0.25) is 5.02 Å². The second-order valence-corrected chi connectivity index (χ2v) is 5.82. The molecule has 2 rings (SSSR count). The second kappa shape index (κ2) is 7.23. The quantitative estimate of drug-likeness (QED) is 0.892. The summed E-state index contributed by atoms with van der Waals surface area (Å²) in [6, 6.07) is 3.42. The molecule has 2 N–H and O–H groups in total. The summed E-state index contributed by atoms with van der Waals surface area (Å²) in [6.07, 6.45) is 4.52. The van der Waals surface area contributed by atoms with Crippen molar-refractivity contribution in [3.63, 3.8) is 0 Å². The third kappa shape index (κ3) is 4.18. The summed E-state index contributed by atoms with van der Waals surface area (Å²) in [5.41, 5.74) is 0.267. The smallest absolute Gasteiger partial charge is 0.228 e. The molecular weight excluding hydrogens is 304 g/mol. The van der Waals surface area contributed by atoms with Crippen LogP contribution < -0.4 is 10.6 Å². The Morgan fingerprint density at radius 3 is 2.86 bits per heavy atom. The van der Waals surface area contributed by atoms with Crippen LogP contribution in [0.25, 0.3) is 0 Å². The average molecular weight is 321 g/mol. The van der Waals surface area contributed by atoms with Crippen molar-refractivity contribution in [2.45, 2.75) is 38.6 Å². The Hall–Kier alpha value is -2.13. The lowest BCUT2D eigenvalue weighted by Crippen LogP contribution is -2.40. The van der Waals surface area contributed by atoms with Gasteiger partial charge in [0, 0.05) is 31.1 Å². The van der Waals surface area contributed by atoms with Gasteiger partial charge in [0.15, 0.2) is 0 Å². The van der Waals surface area contributed by atoms with Crippen molar-refractivity contribution in [1.29, 1.82) is 5.26 Å². The number of anilines is 1. The van der Waals surface area contributed by atoms with Crippen LogP contribution in [0.1, 0.15) is 38.2 Å². The van der Waals surface area contributed by atoms with Crippen molar-refractivity contribution in [2.75, 3.05) is 5.32 Å². The molecule has 116 valence electrons. The highest BCUT2D eigenvalue weighted by molar-refractivity contribution is 6.32. The van der Waals surface area contributed by atoms with E-state index in [0.717, 1.165) is 19.3 Å². The molecule has 1 saturated carbocycles. The van der Waals surface area contributed by atoms with E-state index in [9.17, 15) is 9.59 Å². The van der Waals surface area contributed by atoms with Gasteiger partial charge < -0.3 is 10.6 Å². The zero-order valence-corrected chi connectivity index (χ0v) is 13.0. The summed E-state index contributed by atoms with van der Waals surface area (Å²) in [5, 5.41) is 14.6. The Morgan fingerprint density at radius 1 is 1.45 bits per heavy atom. The minimum atomic E-state index is -0.165. The third-order valence-corrected chi connectivity index (χ3v) is 3.99. The standard InChI is InChI=1S/C15H17ClN4O2/c1-9(21)19-12-4-2-3-10(5-12)15(22)20-14-6-13(16)11(7-17)8-18-14/h6,8,10,12H,2-5H2,1H3,(H,19,21)(H,18,20,22)/t10-,12+/m0/s1. The number of halogens is 1. The van der Waals surface area contributed by atoms with Gasteiger partial charge >= 0.3 is 0 Å². The molecule has 1 heterocycles. The molecule has 1 fully saturated rings. The van der Waals surface area contributed by atoms with E-state index in [1.54, 1.807) is 0 Å². The molecule has 2 atom stereocenters. The van der Waals surface area contributed by atoms with Crippen LogP contribution in [-0.2, 0) is 9.59 Å². The summed E-state index contributed by atoms with van der Waals surface area (Å²) >= 11 is 5.92. The maximum Gasteiger partial charge on any atom is 0.228 e. The highest BCUT2D eigenvalue weighted by Crippen LogP contribution is 2.26. The van der Waals surface area contributed by atoms with Crippen molar-refractivity contribution in [2.24, 2.45) is 5.92 Å².